The van der Waals surface area contributed by atoms with E-state index < -0.39 is 0 Å². The maximum absolute atomic E-state index is 5.27. The van der Waals surface area contributed by atoms with E-state index in [9.17, 15) is 0 Å². The molecule has 0 aromatic carbocycles. The zero-order chi connectivity index (χ0) is 11.6. The molecule has 0 N–H and O–H groups in total. The van der Waals surface area contributed by atoms with E-state index in [4.69, 9.17) is 4.74 Å². The smallest absolute Gasteiger partial charge is 0.0540 e. The van der Waals surface area contributed by atoms with Crippen molar-refractivity contribution < 1.29 is 4.74 Å². The third-order valence-electron chi connectivity index (χ3n) is 4.06. The summed E-state index contributed by atoms with van der Waals surface area (Å²) in [6, 6.07) is 0. The van der Waals surface area contributed by atoms with Gasteiger partial charge in [0.2, 0.25) is 0 Å². The summed E-state index contributed by atoms with van der Waals surface area (Å²) in [5.41, 5.74) is 0.431. The fourth-order valence-corrected chi connectivity index (χ4v) is 3.21. The Hall–Kier alpha value is -0.120. The van der Waals surface area contributed by atoms with Gasteiger partial charge in [-0.15, -0.1) is 0 Å². The second-order valence-corrected chi connectivity index (χ2v) is 6.16. The van der Waals surface area contributed by atoms with E-state index in [0.29, 0.717) is 5.41 Å². The van der Waals surface area contributed by atoms with Gasteiger partial charge in [0.1, 0.15) is 0 Å². The number of hydrogen-bond acceptors (Lipinski definition) is 3. The molecule has 0 bridgehead atoms. The van der Waals surface area contributed by atoms with Crippen LogP contribution in [0.3, 0.4) is 0 Å². The molecule has 3 heteroatoms. The van der Waals surface area contributed by atoms with Crippen molar-refractivity contribution >= 4 is 0 Å². The van der Waals surface area contributed by atoms with E-state index in [2.05, 4.69) is 23.8 Å². The predicted molar refractivity (Wildman–Crippen MR) is 66.6 cm³/mol. The minimum atomic E-state index is 0.431. The van der Waals surface area contributed by atoms with Crippen LogP contribution in [0.4, 0.5) is 0 Å². The van der Waals surface area contributed by atoms with Gasteiger partial charge in [-0.2, -0.15) is 0 Å². The molecule has 2 fully saturated rings. The van der Waals surface area contributed by atoms with Crippen molar-refractivity contribution in [3.05, 3.63) is 0 Å². The Morgan fingerprint density at radius 1 is 1.25 bits per heavy atom. The van der Waals surface area contributed by atoms with Crippen LogP contribution in [0.5, 0.6) is 0 Å². The van der Waals surface area contributed by atoms with Crippen molar-refractivity contribution in [3.63, 3.8) is 0 Å². The number of piperidine rings is 1. The zero-order valence-electron chi connectivity index (χ0n) is 11.0. The Morgan fingerprint density at radius 3 is 2.44 bits per heavy atom. The van der Waals surface area contributed by atoms with E-state index in [-0.39, 0.29) is 0 Å². The third kappa shape index (κ3) is 2.96. The van der Waals surface area contributed by atoms with Crippen molar-refractivity contribution in [2.45, 2.75) is 19.8 Å². The maximum Gasteiger partial charge on any atom is 0.0540 e. The van der Waals surface area contributed by atoms with Crippen LogP contribution < -0.4 is 0 Å². The second kappa shape index (κ2) is 5.03. The molecule has 94 valence electrons. The summed E-state index contributed by atoms with van der Waals surface area (Å²) < 4.78 is 5.27. The first-order valence-electron chi connectivity index (χ1n) is 6.51. The molecule has 0 amide bonds. The van der Waals surface area contributed by atoms with Crippen molar-refractivity contribution in [1.82, 2.24) is 9.80 Å². The van der Waals surface area contributed by atoms with Crippen LogP contribution in [0.25, 0.3) is 0 Å². The lowest BCUT2D eigenvalue weighted by Crippen LogP contribution is -2.58. The summed E-state index contributed by atoms with van der Waals surface area (Å²) in [7, 11) is 4.04. The van der Waals surface area contributed by atoms with Gasteiger partial charge in [-0.3, -0.25) is 0 Å². The maximum atomic E-state index is 5.27. The number of ether oxygens (including phenoxy) is 1. The summed E-state index contributed by atoms with van der Waals surface area (Å²) in [5.74, 6) is 0.934. The lowest BCUT2D eigenvalue weighted by atomic mass is 9.81. The van der Waals surface area contributed by atoms with Crippen LogP contribution in [0, 0.1) is 11.3 Å². The second-order valence-electron chi connectivity index (χ2n) is 6.16. The van der Waals surface area contributed by atoms with Gasteiger partial charge in [0, 0.05) is 32.2 Å². The summed E-state index contributed by atoms with van der Waals surface area (Å²) in [6.07, 6.45) is 2.77. The van der Waals surface area contributed by atoms with E-state index >= 15 is 0 Å². The Kier molecular flexibility index (Phi) is 3.88. The van der Waals surface area contributed by atoms with Gasteiger partial charge >= 0.3 is 0 Å². The van der Waals surface area contributed by atoms with Gasteiger partial charge in [-0.05, 0) is 38.9 Å². The van der Waals surface area contributed by atoms with Crippen LogP contribution in [0.15, 0.2) is 0 Å². The molecule has 0 aromatic rings. The first-order chi connectivity index (χ1) is 7.61. The number of nitrogens with zero attached hydrogens (tertiary/aromatic N) is 2. The molecule has 0 spiro atoms. The highest BCUT2D eigenvalue weighted by Gasteiger charge is 2.39. The highest BCUT2D eigenvalue weighted by Crippen LogP contribution is 2.31. The number of rotatable bonds is 4. The van der Waals surface area contributed by atoms with Crippen LogP contribution >= 0.6 is 0 Å². The monoisotopic (exact) mass is 226 g/mol. The number of likely N-dealkylation sites (tertiary alicyclic amines) is 2. The van der Waals surface area contributed by atoms with Crippen molar-refractivity contribution in [3.8, 4) is 0 Å². The molecule has 0 unspecified atom stereocenters. The largest absolute Gasteiger partial charge is 0.384 e. The van der Waals surface area contributed by atoms with Gasteiger partial charge < -0.3 is 14.5 Å². The predicted octanol–water partition coefficient (Wildman–Crippen LogP) is 1.30. The van der Waals surface area contributed by atoms with E-state index in [1.165, 1.54) is 45.6 Å². The topological polar surface area (TPSA) is 15.7 Å². The molecule has 2 aliphatic heterocycles. The molecule has 16 heavy (non-hydrogen) atoms. The van der Waals surface area contributed by atoms with E-state index in [0.717, 1.165) is 12.5 Å². The van der Waals surface area contributed by atoms with Crippen LogP contribution in [-0.2, 0) is 4.74 Å². The van der Waals surface area contributed by atoms with Gasteiger partial charge in [0.15, 0.2) is 0 Å². The molecule has 2 heterocycles. The van der Waals surface area contributed by atoms with E-state index in [1.807, 2.05) is 7.11 Å². The Labute approximate surface area is 99.7 Å². The lowest BCUT2D eigenvalue weighted by Gasteiger charge is -2.49. The minimum Gasteiger partial charge on any atom is -0.384 e. The lowest BCUT2D eigenvalue weighted by molar-refractivity contribution is -0.0505. The van der Waals surface area contributed by atoms with Crippen LogP contribution in [0.1, 0.15) is 19.8 Å². The third-order valence-corrected chi connectivity index (χ3v) is 4.06. The first-order valence-corrected chi connectivity index (χ1v) is 6.51. The normalized spacial score (nSPS) is 27.9. The molecule has 2 aliphatic rings. The standard InChI is InChI=1S/C13H26N2O/c1-13(11-16-3)9-15(10-13)8-12-4-6-14(2)7-5-12/h12H,4-11H2,1-3H3. The molecular formula is C13H26N2O. The van der Waals surface area contributed by atoms with Crippen molar-refractivity contribution in [2.75, 3.05) is 53.5 Å². The number of hydrogen-bond donors (Lipinski definition) is 0. The zero-order valence-corrected chi connectivity index (χ0v) is 11.0. The van der Waals surface area contributed by atoms with Crippen molar-refractivity contribution in [2.24, 2.45) is 11.3 Å². The Bertz CT molecular complexity index is 218. The average Bonchev–Trinajstić information content (AvgIpc) is 2.19. The first kappa shape index (κ1) is 12.3. The molecule has 0 radical (unpaired) electrons. The van der Waals surface area contributed by atoms with E-state index in [1.54, 1.807) is 0 Å². The number of methoxy groups -OCH3 is 1. The summed E-state index contributed by atoms with van der Waals surface area (Å²) in [5, 5.41) is 0. The fraction of sp³-hybridized carbons (Fsp3) is 1.00. The van der Waals surface area contributed by atoms with Gasteiger partial charge in [0.05, 0.1) is 6.61 Å². The van der Waals surface area contributed by atoms with Crippen molar-refractivity contribution in [1.29, 1.82) is 0 Å². The molecule has 2 rings (SSSR count). The summed E-state index contributed by atoms with van der Waals surface area (Å²) in [6.45, 7) is 9.59. The molecule has 2 saturated heterocycles. The summed E-state index contributed by atoms with van der Waals surface area (Å²) >= 11 is 0. The Balaban J connectivity index is 1.65. The fourth-order valence-electron chi connectivity index (χ4n) is 3.21. The van der Waals surface area contributed by atoms with Crippen LogP contribution in [0.2, 0.25) is 0 Å². The molecule has 0 atom stereocenters. The minimum absolute atomic E-state index is 0.431. The molecule has 0 aliphatic carbocycles. The molecule has 3 nitrogen and oxygen atoms in total. The molecule has 0 saturated carbocycles. The average molecular weight is 226 g/mol. The van der Waals surface area contributed by atoms with Gasteiger partial charge in [0.25, 0.3) is 0 Å². The molecule has 0 aromatic heterocycles. The quantitative estimate of drug-likeness (QED) is 0.718. The van der Waals surface area contributed by atoms with Gasteiger partial charge in [-0.25, -0.2) is 0 Å². The molecular weight excluding hydrogens is 200 g/mol. The highest BCUT2D eigenvalue weighted by atomic mass is 16.5. The SMILES string of the molecule is COCC1(C)CN(CC2CCN(C)CC2)C1. The highest BCUT2D eigenvalue weighted by molar-refractivity contribution is 4.92. The Morgan fingerprint density at radius 2 is 1.88 bits per heavy atom. The van der Waals surface area contributed by atoms with Crippen LogP contribution in [-0.4, -0.2) is 63.3 Å². The summed E-state index contributed by atoms with van der Waals surface area (Å²) in [4.78, 5) is 5.05. The van der Waals surface area contributed by atoms with Gasteiger partial charge in [-0.1, -0.05) is 6.92 Å².